The Balaban J connectivity index is 1.74. The number of rotatable bonds is 4. The average Bonchev–Trinajstić information content (AvgIpc) is 2.66. The van der Waals surface area contributed by atoms with E-state index >= 15 is 0 Å². The second kappa shape index (κ2) is 8.19. The second-order valence-electron chi connectivity index (χ2n) is 6.09. The number of hydrogen-bond donors (Lipinski definition) is 0. The van der Waals surface area contributed by atoms with Gasteiger partial charge in [-0.1, -0.05) is 11.6 Å². The molecule has 1 saturated heterocycles. The SMILES string of the molecule is CN=C(c1ccc(Oc2ccc([N+](=O)[O-])cc2Cl)cc1)N1CCCCC1. The van der Waals surface area contributed by atoms with Crippen molar-refractivity contribution in [3.63, 3.8) is 0 Å². The third kappa shape index (κ3) is 4.14. The molecule has 0 radical (unpaired) electrons. The van der Waals surface area contributed by atoms with Gasteiger partial charge in [0.2, 0.25) is 0 Å². The minimum atomic E-state index is -0.489. The number of ether oxygens (including phenoxy) is 1. The van der Waals surface area contributed by atoms with Crippen LogP contribution in [-0.2, 0) is 0 Å². The topological polar surface area (TPSA) is 68.0 Å². The zero-order chi connectivity index (χ0) is 18.5. The summed E-state index contributed by atoms with van der Waals surface area (Å²) >= 11 is 6.07. The van der Waals surface area contributed by atoms with Crippen LogP contribution < -0.4 is 4.74 Å². The molecule has 0 bridgehead atoms. The van der Waals surface area contributed by atoms with Crippen LogP contribution in [-0.4, -0.2) is 35.8 Å². The molecule has 0 unspecified atom stereocenters. The highest BCUT2D eigenvalue weighted by molar-refractivity contribution is 6.32. The fraction of sp³-hybridized carbons (Fsp3) is 0.316. The summed E-state index contributed by atoms with van der Waals surface area (Å²) in [6.07, 6.45) is 3.66. The minimum absolute atomic E-state index is 0.0666. The van der Waals surface area contributed by atoms with Gasteiger partial charge in [-0.15, -0.1) is 0 Å². The number of halogens is 1. The first kappa shape index (κ1) is 18.2. The number of likely N-dealkylation sites (tertiary alicyclic amines) is 1. The van der Waals surface area contributed by atoms with Gasteiger partial charge in [0, 0.05) is 37.8 Å². The molecule has 136 valence electrons. The van der Waals surface area contributed by atoms with Crippen LogP contribution in [0.5, 0.6) is 11.5 Å². The van der Waals surface area contributed by atoms with Crippen LogP contribution in [0.1, 0.15) is 24.8 Å². The third-order valence-electron chi connectivity index (χ3n) is 4.33. The molecule has 0 spiro atoms. The van der Waals surface area contributed by atoms with Crippen molar-refractivity contribution in [2.24, 2.45) is 4.99 Å². The van der Waals surface area contributed by atoms with Crippen molar-refractivity contribution in [3.8, 4) is 11.5 Å². The maximum Gasteiger partial charge on any atom is 0.271 e. The predicted octanol–water partition coefficient (Wildman–Crippen LogP) is 4.90. The quantitative estimate of drug-likeness (QED) is 0.331. The first-order chi connectivity index (χ1) is 12.6. The van der Waals surface area contributed by atoms with Crippen LogP contribution in [0.25, 0.3) is 0 Å². The highest BCUT2D eigenvalue weighted by Crippen LogP contribution is 2.32. The number of aliphatic imine (C=N–C) groups is 1. The monoisotopic (exact) mass is 373 g/mol. The number of nitro benzene ring substituents is 1. The molecule has 6 nitrogen and oxygen atoms in total. The Bertz CT molecular complexity index is 815. The molecular formula is C19H20ClN3O3. The smallest absolute Gasteiger partial charge is 0.271 e. The standard InChI is InChI=1S/C19H20ClN3O3/c1-21-19(22-11-3-2-4-12-22)14-5-8-16(9-6-14)26-18-10-7-15(23(24)25)13-17(18)20/h5-10,13H,2-4,11-12H2,1H3. The van der Waals surface area contributed by atoms with Crippen LogP contribution in [0.3, 0.4) is 0 Å². The molecule has 1 fully saturated rings. The molecule has 0 saturated carbocycles. The van der Waals surface area contributed by atoms with Crippen molar-refractivity contribution >= 4 is 23.1 Å². The summed E-state index contributed by atoms with van der Waals surface area (Å²) in [6, 6.07) is 11.8. The normalized spacial score (nSPS) is 15.0. The van der Waals surface area contributed by atoms with Crippen molar-refractivity contribution in [1.29, 1.82) is 0 Å². The Morgan fingerprint density at radius 1 is 1.15 bits per heavy atom. The second-order valence-corrected chi connectivity index (χ2v) is 6.50. The lowest BCUT2D eigenvalue weighted by molar-refractivity contribution is -0.384. The van der Waals surface area contributed by atoms with Gasteiger partial charge in [0.05, 0.1) is 9.95 Å². The molecular weight excluding hydrogens is 354 g/mol. The van der Waals surface area contributed by atoms with Gasteiger partial charge in [-0.25, -0.2) is 0 Å². The van der Waals surface area contributed by atoms with Crippen molar-refractivity contribution < 1.29 is 9.66 Å². The fourth-order valence-electron chi connectivity index (χ4n) is 3.04. The lowest BCUT2D eigenvalue weighted by Crippen LogP contribution is -2.36. The van der Waals surface area contributed by atoms with Gasteiger partial charge in [0.15, 0.2) is 0 Å². The molecule has 3 rings (SSSR count). The molecule has 0 aromatic heterocycles. The Kier molecular flexibility index (Phi) is 5.73. The van der Waals surface area contributed by atoms with E-state index in [4.69, 9.17) is 16.3 Å². The maximum atomic E-state index is 10.8. The molecule has 1 heterocycles. The van der Waals surface area contributed by atoms with E-state index in [1.807, 2.05) is 31.3 Å². The summed E-state index contributed by atoms with van der Waals surface area (Å²) in [5, 5.41) is 11.0. The molecule has 0 aliphatic carbocycles. The Morgan fingerprint density at radius 2 is 1.85 bits per heavy atom. The summed E-state index contributed by atoms with van der Waals surface area (Å²) in [5.41, 5.74) is 0.972. The Hall–Kier alpha value is -2.60. The Morgan fingerprint density at radius 3 is 2.42 bits per heavy atom. The molecule has 26 heavy (non-hydrogen) atoms. The minimum Gasteiger partial charge on any atom is -0.456 e. The zero-order valence-corrected chi connectivity index (χ0v) is 15.3. The van der Waals surface area contributed by atoms with Gasteiger partial charge in [-0.05, 0) is 49.6 Å². The van der Waals surface area contributed by atoms with Gasteiger partial charge in [0.1, 0.15) is 17.3 Å². The van der Waals surface area contributed by atoms with Crippen LogP contribution >= 0.6 is 11.6 Å². The molecule has 1 aliphatic heterocycles. The number of non-ortho nitro benzene ring substituents is 1. The van der Waals surface area contributed by atoms with Gasteiger partial charge >= 0.3 is 0 Å². The third-order valence-corrected chi connectivity index (χ3v) is 4.63. The molecule has 2 aromatic carbocycles. The lowest BCUT2D eigenvalue weighted by atomic mass is 10.1. The number of piperidine rings is 1. The molecule has 2 aromatic rings. The fourth-order valence-corrected chi connectivity index (χ4v) is 3.26. The largest absolute Gasteiger partial charge is 0.456 e. The summed E-state index contributed by atoms with van der Waals surface area (Å²) in [6.45, 7) is 2.06. The summed E-state index contributed by atoms with van der Waals surface area (Å²) in [5.74, 6) is 1.98. The van der Waals surface area contributed by atoms with Gasteiger partial charge in [-0.2, -0.15) is 0 Å². The van der Waals surface area contributed by atoms with Crippen molar-refractivity contribution in [1.82, 2.24) is 4.90 Å². The Labute approximate surface area is 157 Å². The van der Waals surface area contributed by atoms with Gasteiger partial charge < -0.3 is 9.64 Å². The van der Waals surface area contributed by atoms with E-state index in [1.54, 1.807) is 0 Å². The number of nitrogens with zero attached hydrogens (tertiary/aromatic N) is 3. The molecule has 0 amide bonds. The summed E-state index contributed by atoms with van der Waals surface area (Å²) < 4.78 is 5.75. The van der Waals surface area contributed by atoms with Crippen LogP contribution in [0.2, 0.25) is 5.02 Å². The van der Waals surface area contributed by atoms with E-state index < -0.39 is 4.92 Å². The van der Waals surface area contributed by atoms with E-state index in [9.17, 15) is 10.1 Å². The highest BCUT2D eigenvalue weighted by Gasteiger charge is 2.16. The highest BCUT2D eigenvalue weighted by atomic mass is 35.5. The van der Waals surface area contributed by atoms with Crippen molar-refractivity contribution in [2.45, 2.75) is 19.3 Å². The average molecular weight is 374 g/mol. The van der Waals surface area contributed by atoms with Crippen LogP contribution in [0, 0.1) is 10.1 Å². The van der Waals surface area contributed by atoms with Gasteiger partial charge in [0.25, 0.3) is 5.69 Å². The van der Waals surface area contributed by atoms with E-state index in [1.165, 1.54) is 37.5 Å². The first-order valence-corrected chi connectivity index (χ1v) is 8.90. The maximum absolute atomic E-state index is 10.8. The van der Waals surface area contributed by atoms with Crippen LogP contribution in [0.4, 0.5) is 5.69 Å². The van der Waals surface area contributed by atoms with E-state index in [2.05, 4.69) is 9.89 Å². The lowest BCUT2D eigenvalue weighted by Gasteiger charge is -2.29. The van der Waals surface area contributed by atoms with E-state index in [0.717, 1.165) is 24.5 Å². The number of benzene rings is 2. The van der Waals surface area contributed by atoms with Crippen molar-refractivity contribution in [3.05, 3.63) is 63.2 Å². The molecule has 7 heteroatoms. The van der Waals surface area contributed by atoms with Crippen LogP contribution in [0.15, 0.2) is 47.5 Å². The molecule has 1 aliphatic rings. The van der Waals surface area contributed by atoms with E-state index in [0.29, 0.717) is 11.5 Å². The number of amidine groups is 1. The van der Waals surface area contributed by atoms with Crippen molar-refractivity contribution in [2.75, 3.05) is 20.1 Å². The van der Waals surface area contributed by atoms with Gasteiger partial charge in [-0.3, -0.25) is 15.1 Å². The summed E-state index contributed by atoms with van der Waals surface area (Å²) in [4.78, 5) is 17.0. The number of hydrogen-bond acceptors (Lipinski definition) is 4. The first-order valence-electron chi connectivity index (χ1n) is 8.52. The molecule has 0 N–H and O–H groups in total. The predicted molar refractivity (Wildman–Crippen MR) is 103 cm³/mol. The van der Waals surface area contributed by atoms with E-state index in [-0.39, 0.29) is 10.7 Å². The zero-order valence-electron chi connectivity index (χ0n) is 14.5. The summed E-state index contributed by atoms with van der Waals surface area (Å²) in [7, 11) is 1.81. The number of nitro groups is 1. The molecule has 0 atom stereocenters.